The molecule has 2 amide bonds. The van der Waals surface area contributed by atoms with Crippen LogP contribution in [0.2, 0.25) is 0 Å². The molecule has 0 fully saturated rings. The van der Waals surface area contributed by atoms with E-state index in [0.29, 0.717) is 19.4 Å². The topological polar surface area (TPSA) is 49.4 Å². The van der Waals surface area contributed by atoms with Crippen molar-refractivity contribution in [1.29, 1.82) is 0 Å². The lowest BCUT2D eigenvalue weighted by Crippen LogP contribution is -2.48. The molecule has 1 N–H and O–H groups in total. The van der Waals surface area contributed by atoms with Crippen LogP contribution in [0.3, 0.4) is 0 Å². The van der Waals surface area contributed by atoms with E-state index in [2.05, 4.69) is 29.6 Å². The average molecular weight is 415 g/mol. The Morgan fingerprint density at radius 2 is 1.29 bits per heavy atom. The van der Waals surface area contributed by atoms with Gasteiger partial charge in [0.1, 0.15) is 6.04 Å². The summed E-state index contributed by atoms with van der Waals surface area (Å²) in [6, 6.07) is 29.5. The van der Waals surface area contributed by atoms with E-state index >= 15 is 0 Å². The summed E-state index contributed by atoms with van der Waals surface area (Å²) in [6.07, 6.45) is 0.855. The first-order valence-electron chi connectivity index (χ1n) is 10.8. The number of carbonyl (C=O) groups is 2. The summed E-state index contributed by atoms with van der Waals surface area (Å²) in [5.74, 6) is -0.241. The van der Waals surface area contributed by atoms with Crippen molar-refractivity contribution >= 4 is 11.8 Å². The summed E-state index contributed by atoms with van der Waals surface area (Å²) < 4.78 is 0. The van der Waals surface area contributed by atoms with E-state index in [1.165, 1.54) is 0 Å². The second-order valence-corrected chi connectivity index (χ2v) is 7.62. The fraction of sp³-hybridized carbons (Fsp3) is 0.259. The Morgan fingerprint density at radius 1 is 0.806 bits per heavy atom. The Labute approximate surface area is 184 Å². The van der Waals surface area contributed by atoms with Crippen LogP contribution < -0.4 is 5.32 Å². The van der Waals surface area contributed by atoms with Crippen LogP contribution in [0.25, 0.3) is 0 Å². The molecule has 4 nitrogen and oxygen atoms in total. The van der Waals surface area contributed by atoms with Crippen LogP contribution in [0.1, 0.15) is 42.4 Å². The van der Waals surface area contributed by atoms with E-state index in [1.54, 1.807) is 11.9 Å². The third-order valence-electron chi connectivity index (χ3n) is 5.61. The van der Waals surface area contributed by atoms with Gasteiger partial charge in [0.25, 0.3) is 0 Å². The van der Waals surface area contributed by atoms with E-state index < -0.39 is 6.04 Å². The number of nitrogens with one attached hydrogen (secondary N) is 1. The van der Waals surface area contributed by atoms with E-state index in [9.17, 15) is 9.59 Å². The molecule has 0 spiro atoms. The van der Waals surface area contributed by atoms with Gasteiger partial charge >= 0.3 is 0 Å². The number of amides is 2. The highest BCUT2D eigenvalue weighted by molar-refractivity contribution is 5.88. The van der Waals surface area contributed by atoms with E-state index in [0.717, 1.165) is 16.7 Å². The van der Waals surface area contributed by atoms with Gasteiger partial charge in [-0.15, -0.1) is 0 Å². The number of likely N-dealkylation sites (N-methyl/N-ethyl adjacent to an activating group) is 1. The number of nitrogens with zero attached hydrogens (tertiary/aromatic N) is 1. The number of rotatable bonds is 9. The Hall–Kier alpha value is -3.40. The molecule has 3 aromatic rings. The Bertz CT molecular complexity index is 919. The standard InChI is InChI=1S/C27H30N2O2/c1-3-25(27(31)28-2)29(20-21-13-7-4-8-14-21)26(30)19-24(22-15-9-5-10-16-22)23-17-11-6-12-18-23/h4-18,24-25H,3,19-20H2,1-2H3,(H,28,31). The van der Waals surface area contributed by atoms with Crippen LogP contribution in [0.15, 0.2) is 91.0 Å². The number of carbonyl (C=O) groups excluding carboxylic acids is 2. The molecular weight excluding hydrogens is 384 g/mol. The lowest BCUT2D eigenvalue weighted by molar-refractivity contribution is -0.141. The lowest BCUT2D eigenvalue weighted by atomic mass is 9.88. The van der Waals surface area contributed by atoms with E-state index in [-0.39, 0.29) is 17.7 Å². The zero-order valence-corrected chi connectivity index (χ0v) is 18.2. The first-order valence-corrected chi connectivity index (χ1v) is 10.8. The highest BCUT2D eigenvalue weighted by Crippen LogP contribution is 2.29. The van der Waals surface area contributed by atoms with Gasteiger partial charge in [0, 0.05) is 25.9 Å². The van der Waals surface area contributed by atoms with Gasteiger partial charge in [-0.1, -0.05) is 97.9 Å². The summed E-state index contributed by atoms with van der Waals surface area (Å²) in [7, 11) is 1.62. The Morgan fingerprint density at radius 3 is 1.74 bits per heavy atom. The third kappa shape index (κ3) is 5.82. The van der Waals surface area contributed by atoms with Crippen molar-refractivity contribution in [2.75, 3.05) is 7.05 Å². The van der Waals surface area contributed by atoms with Gasteiger partial charge in [-0.05, 0) is 23.1 Å². The highest BCUT2D eigenvalue weighted by Gasteiger charge is 2.30. The van der Waals surface area contributed by atoms with Crippen molar-refractivity contribution in [1.82, 2.24) is 10.2 Å². The largest absolute Gasteiger partial charge is 0.357 e. The van der Waals surface area contributed by atoms with Crippen LogP contribution in [0, 0.1) is 0 Å². The quantitative estimate of drug-likeness (QED) is 0.549. The maximum absolute atomic E-state index is 13.7. The molecule has 1 atom stereocenters. The van der Waals surface area contributed by atoms with Crippen LogP contribution in [0.5, 0.6) is 0 Å². The van der Waals surface area contributed by atoms with Gasteiger partial charge in [-0.3, -0.25) is 9.59 Å². The van der Waals surface area contributed by atoms with Gasteiger partial charge in [-0.25, -0.2) is 0 Å². The van der Waals surface area contributed by atoms with E-state index in [4.69, 9.17) is 0 Å². The van der Waals surface area contributed by atoms with Crippen molar-refractivity contribution in [2.24, 2.45) is 0 Å². The van der Waals surface area contributed by atoms with Gasteiger partial charge in [0.2, 0.25) is 11.8 Å². The maximum atomic E-state index is 13.7. The van der Waals surface area contributed by atoms with Crippen molar-refractivity contribution in [3.05, 3.63) is 108 Å². The molecule has 0 aromatic heterocycles. The third-order valence-corrected chi connectivity index (χ3v) is 5.61. The second-order valence-electron chi connectivity index (χ2n) is 7.62. The number of hydrogen-bond donors (Lipinski definition) is 1. The van der Waals surface area contributed by atoms with Crippen molar-refractivity contribution in [2.45, 2.75) is 38.3 Å². The second kappa shape index (κ2) is 11.1. The number of hydrogen-bond acceptors (Lipinski definition) is 2. The molecule has 0 radical (unpaired) electrons. The molecule has 0 aliphatic heterocycles. The SMILES string of the molecule is CCC(C(=O)NC)N(Cc1ccccc1)C(=O)CC(c1ccccc1)c1ccccc1. The molecule has 3 rings (SSSR count). The highest BCUT2D eigenvalue weighted by atomic mass is 16.2. The minimum absolute atomic E-state index is 0.0305. The molecule has 3 aromatic carbocycles. The van der Waals surface area contributed by atoms with Crippen molar-refractivity contribution in [3.8, 4) is 0 Å². The first-order chi connectivity index (χ1) is 15.1. The molecule has 0 saturated heterocycles. The monoisotopic (exact) mass is 414 g/mol. The zero-order chi connectivity index (χ0) is 22.1. The molecule has 0 heterocycles. The fourth-order valence-corrected chi connectivity index (χ4v) is 3.96. The van der Waals surface area contributed by atoms with Crippen LogP contribution >= 0.6 is 0 Å². The van der Waals surface area contributed by atoms with E-state index in [1.807, 2.05) is 73.7 Å². The first kappa shape index (κ1) is 22.3. The van der Waals surface area contributed by atoms with Crippen LogP contribution in [-0.2, 0) is 16.1 Å². The smallest absolute Gasteiger partial charge is 0.242 e. The molecule has 0 aliphatic rings. The summed E-state index contributed by atoms with van der Waals surface area (Å²) in [6.45, 7) is 2.35. The predicted octanol–water partition coefficient (Wildman–Crippen LogP) is 4.76. The summed E-state index contributed by atoms with van der Waals surface area (Å²) >= 11 is 0. The lowest BCUT2D eigenvalue weighted by Gasteiger charge is -2.32. The molecule has 160 valence electrons. The molecule has 1 unspecified atom stereocenters. The minimum atomic E-state index is -0.509. The van der Waals surface area contributed by atoms with Gasteiger partial charge in [0.15, 0.2) is 0 Å². The van der Waals surface area contributed by atoms with Crippen molar-refractivity contribution in [3.63, 3.8) is 0 Å². The summed E-state index contributed by atoms with van der Waals surface area (Å²) in [4.78, 5) is 28.0. The molecule has 0 bridgehead atoms. The fourth-order valence-electron chi connectivity index (χ4n) is 3.96. The van der Waals surface area contributed by atoms with Gasteiger partial charge in [-0.2, -0.15) is 0 Å². The summed E-state index contributed by atoms with van der Waals surface area (Å²) in [5, 5.41) is 2.72. The predicted molar refractivity (Wildman–Crippen MR) is 124 cm³/mol. The molecule has 4 heteroatoms. The molecule has 31 heavy (non-hydrogen) atoms. The van der Waals surface area contributed by atoms with Crippen LogP contribution in [-0.4, -0.2) is 29.8 Å². The average Bonchev–Trinajstić information content (AvgIpc) is 2.83. The normalized spacial score (nSPS) is 11.7. The van der Waals surface area contributed by atoms with Crippen molar-refractivity contribution < 1.29 is 9.59 Å². The van der Waals surface area contributed by atoms with Gasteiger partial charge < -0.3 is 10.2 Å². The molecule has 0 saturated carbocycles. The molecular formula is C27H30N2O2. The summed E-state index contributed by atoms with van der Waals surface area (Å²) in [5.41, 5.74) is 3.19. The van der Waals surface area contributed by atoms with Crippen LogP contribution in [0.4, 0.5) is 0 Å². The molecule has 0 aliphatic carbocycles. The zero-order valence-electron chi connectivity index (χ0n) is 18.2. The number of benzene rings is 3. The Kier molecular flexibility index (Phi) is 7.99. The van der Waals surface area contributed by atoms with Gasteiger partial charge in [0.05, 0.1) is 0 Å². The Balaban J connectivity index is 1.93. The maximum Gasteiger partial charge on any atom is 0.242 e. The minimum Gasteiger partial charge on any atom is -0.357 e.